The van der Waals surface area contributed by atoms with E-state index in [9.17, 15) is 9.59 Å². The van der Waals surface area contributed by atoms with Gasteiger partial charge in [0.05, 0.1) is 19.2 Å². The van der Waals surface area contributed by atoms with Crippen molar-refractivity contribution in [3.05, 3.63) is 52.0 Å². The second kappa shape index (κ2) is 7.98. The summed E-state index contributed by atoms with van der Waals surface area (Å²) < 4.78 is 5.40. The predicted molar refractivity (Wildman–Crippen MR) is 103 cm³/mol. The van der Waals surface area contributed by atoms with Gasteiger partial charge in [-0.05, 0) is 36.2 Å². The largest absolute Gasteiger partial charge is 0.494 e. The molecule has 136 valence electrons. The molecule has 2 amide bonds. The number of anilines is 2. The first-order valence-electron chi connectivity index (χ1n) is 8.20. The maximum Gasteiger partial charge on any atom is 0.228 e. The van der Waals surface area contributed by atoms with Crippen molar-refractivity contribution < 1.29 is 14.3 Å². The summed E-state index contributed by atoms with van der Waals surface area (Å²) in [6.07, 6.45) is 1.44. The highest BCUT2D eigenvalue weighted by atomic mass is 35.5. The van der Waals surface area contributed by atoms with E-state index in [1.54, 1.807) is 41.3 Å². The highest BCUT2D eigenvalue weighted by molar-refractivity contribution is 6.36. The van der Waals surface area contributed by atoms with E-state index in [0.29, 0.717) is 45.7 Å². The number of carbonyl (C=O) groups is 2. The monoisotopic (exact) mass is 392 g/mol. The number of hydrogen-bond donors (Lipinski definition) is 1. The number of nitrogens with zero attached hydrogens (tertiary/aromatic N) is 1. The van der Waals surface area contributed by atoms with Crippen molar-refractivity contribution in [2.75, 3.05) is 23.9 Å². The highest BCUT2D eigenvalue weighted by Crippen LogP contribution is 2.34. The van der Waals surface area contributed by atoms with Gasteiger partial charge in [-0.25, -0.2) is 0 Å². The minimum atomic E-state index is -0.243. The molecule has 7 heteroatoms. The van der Waals surface area contributed by atoms with Gasteiger partial charge in [0.25, 0.3) is 0 Å². The van der Waals surface area contributed by atoms with Crippen LogP contribution < -0.4 is 15.0 Å². The zero-order valence-electron chi connectivity index (χ0n) is 14.2. The van der Waals surface area contributed by atoms with Crippen LogP contribution in [0.2, 0.25) is 10.0 Å². The number of ether oxygens (including phenoxy) is 1. The van der Waals surface area contributed by atoms with Gasteiger partial charge in [0, 0.05) is 34.8 Å². The molecule has 1 aliphatic heterocycles. The van der Waals surface area contributed by atoms with Crippen molar-refractivity contribution in [2.24, 2.45) is 0 Å². The number of halogens is 2. The first kappa shape index (κ1) is 18.5. The van der Waals surface area contributed by atoms with Crippen molar-refractivity contribution >= 4 is 46.4 Å². The first-order chi connectivity index (χ1) is 12.5. The minimum Gasteiger partial charge on any atom is -0.494 e. The van der Waals surface area contributed by atoms with Gasteiger partial charge in [-0.2, -0.15) is 0 Å². The van der Waals surface area contributed by atoms with Gasteiger partial charge >= 0.3 is 0 Å². The molecule has 2 aromatic rings. The van der Waals surface area contributed by atoms with Crippen LogP contribution in [0.5, 0.6) is 5.75 Å². The maximum atomic E-state index is 12.3. The summed E-state index contributed by atoms with van der Waals surface area (Å²) in [5, 5.41) is 3.71. The van der Waals surface area contributed by atoms with Crippen molar-refractivity contribution in [2.45, 2.75) is 19.3 Å². The molecular weight excluding hydrogens is 375 g/mol. The number of methoxy groups -OCH3 is 1. The topological polar surface area (TPSA) is 58.6 Å². The Hall–Kier alpha value is -2.24. The molecule has 0 bridgehead atoms. The van der Waals surface area contributed by atoms with Gasteiger partial charge in [0.1, 0.15) is 5.75 Å². The summed E-state index contributed by atoms with van der Waals surface area (Å²) in [5.41, 5.74) is 1.87. The van der Waals surface area contributed by atoms with E-state index in [1.807, 2.05) is 0 Å². The molecule has 1 saturated heterocycles. The fourth-order valence-corrected chi connectivity index (χ4v) is 3.48. The van der Waals surface area contributed by atoms with Crippen LogP contribution in [0.25, 0.3) is 0 Å². The van der Waals surface area contributed by atoms with Crippen molar-refractivity contribution in [3.63, 3.8) is 0 Å². The van der Waals surface area contributed by atoms with E-state index in [2.05, 4.69) is 5.32 Å². The molecule has 1 fully saturated rings. The van der Waals surface area contributed by atoms with Gasteiger partial charge in [0.15, 0.2) is 0 Å². The molecule has 0 aromatic heterocycles. The molecule has 1 heterocycles. The quantitative estimate of drug-likeness (QED) is 0.824. The fraction of sp³-hybridized carbons (Fsp3) is 0.263. The number of hydrogen-bond acceptors (Lipinski definition) is 3. The summed E-state index contributed by atoms with van der Waals surface area (Å²) in [6, 6.07) is 10.3. The highest BCUT2D eigenvalue weighted by Gasteiger charge is 2.24. The number of amides is 2. The van der Waals surface area contributed by atoms with E-state index in [0.717, 1.165) is 6.42 Å². The molecule has 0 saturated carbocycles. The summed E-state index contributed by atoms with van der Waals surface area (Å²) in [4.78, 5) is 26.0. The van der Waals surface area contributed by atoms with Crippen LogP contribution in [0.1, 0.15) is 18.4 Å². The zero-order chi connectivity index (χ0) is 18.7. The van der Waals surface area contributed by atoms with E-state index < -0.39 is 0 Å². The SMILES string of the molecule is COc1cc(NC(=O)Cc2c(Cl)cccc2Cl)ccc1N1CCCC1=O. The summed E-state index contributed by atoms with van der Waals surface area (Å²) >= 11 is 12.2. The Kier molecular flexibility index (Phi) is 5.69. The minimum absolute atomic E-state index is 0.0627. The van der Waals surface area contributed by atoms with Gasteiger partial charge < -0.3 is 15.0 Å². The lowest BCUT2D eigenvalue weighted by Crippen LogP contribution is -2.24. The Morgan fingerprint density at radius 2 is 1.96 bits per heavy atom. The van der Waals surface area contributed by atoms with Gasteiger partial charge in [-0.15, -0.1) is 0 Å². The van der Waals surface area contributed by atoms with Crippen LogP contribution in [0, 0.1) is 0 Å². The molecule has 0 unspecified atom stereocenters. The van der Waals surface area contributed by atoms with Gasteiger partial charge in [0.2, 0.25) is 11.8 Å². The average molecular weight is 393 g/mol. The number of nitrogens with one attached hydrogen (secondary N) is 1. The molecule has 2 aromatic carbocycles. The van der Waals surface area contributed by atoms with Crippen LogP contribution in [0.3, 0.4) is 0 Å². The van der Waals surface area contributed by atoms with Crippen LogP contribution >= 0.6 is 23.2 Å². The first-order valence-corrected chi connectivity index (χ1v) is 8.96. The van der Waals surface area contributed by atoms with E-state index in [-0.39, 0.29) is 18.2 Å². The van der Waals surface area contributed by atoms with Crippen LogP contribution in [-0.4, -0.2) is 25.5 Å². The second-order valence-corrected chi connectivity index (χ2v) is 6.78. The van der Waals surface area contributed by atoms with Crippen molar-refractivity contribution in [1.82, 2.24) is 0 Å². The molecule has 0 radical (unpaired) electrons. The number of benzene rings is 2. The molecule has 1 N–H and O–H groups in total. The van der Waals surface area contributed by atoms with Crippen LogP contribution in [0.15, 0.2) is 36.4 Å². The van der Waals surface area contributed by atoms with Crippen molar-refractivity contribution in [1.29, 1.82) is 0 Å². The molecule has 0 aliphatic carbocycles. The van der Waals surface area contributed by atoms with Gasteiger partial charge in [-0.1, -0.05) is 29.3 Å². The van der Waals surface area contributed by atoms with Crippen LogP contribution in [0.4, 0.5) is 11.4 Å². The smallest absolute Gasteiger partial charge is 0.228 e. The van der Waals surface area contributed by atoms with E-state index in [4.69, 9.17) is 27.9 Å². The number of carbonyl (C=O) groups excluding carboxylic acids is 2. The van der Waals surface area contributed by atoms with Crippen LogP contribution in [-0.2, 0) is 16.0 Å². The second-order valence-electron chi connectivity index (χ2n) is 5.96. The molecule has 0 atom stereocenters. The summed E-state index contributed by atoms with van der Waals surface area (Å²) in [7, 11) is 1.54. The predicted octanol–water partition coefficient (Wildman–Crippen LogP) is 4.31. The third-order valence-corrected chi connectivity index (χ3v) is 4.93. The zero-order valence-corrected chi connectivity index (χ0v) is 15.7. The summed E-state index contributed by atoms with van der Waals surface area (Å²) in [6.45, 7) is 0.673. The standard InChI is InChI=1S/C19H18Cl2N2O3/c1-26-17-10-12(7-8-16(17)23-9-3-6-19(23)25)22-18(24)11-13-14(20)4-2-5-15(13)21/h2,4-5,7-8,10H,3,6,9,11H2,1H3,(H,22,24). The third-order valence-electron chi connectivity index (χ3n) is 4.23. The summed E-state index contributed by atoms with van der Waals surface area (Å²) in [5.74, 6) is 0.370. The molecule has 26 heavy (non-hydrogen) atoms. The number of rotatable bonds is 5. The molecule has 1 aliphatic rings. The lowest BCUT2D eigenvalue weighted by atomic mass is 10.1. The molecule has 3 rings (SSSR count). The fourth-order valence-electron chi connectivity index (χ4n) is 2.95. The van der Waals surface area contributed by atoms with E-state index in [1.165, 1.54) is 7.11 Å². The lowest BCUT2D eigenvalue weighted by Gasteiger charge is -2.19. The van der Waals surface area contributed by atoms with E-state index >= 15 is 0 Å². The Labute approximate surface area is 161 Å². The Morgan fingerprint density at radius 1 is 1.23 bits per heavy atom. The molecular formula is C19H18Cl2N2O3. The van der Waals surface area contributed by atoms with Gasteiger partial charge in [-0.3, -0.25) is 9.59 Å². The van der Waals surface area contributed by atoms with Crippen molar-refractivity contribution in [3.8, 4) is 5.75 Å². The Morgan fingerprint density at radius 3 is 2.58 bits per heavy atom. The molecule has 0 spiro atoms. The molecule has 5 nitrogen and oxygen atoms in total. The lowest BCUT2D eigenvalue weighted by molar-refractivity contribution is -0.117. The average Bonchev–Trinajstić information content (AvgIpc) is 3.04. The Balaban J connectivity index is 1.75. The Bertz CT molecular complexity index is 834. The maximum absolute atomic E-state index is 12.3. The third kappa shape index (κ3) is 3.94. The normalized spacial score (nSPS) is 13.8.